The van der Waals surface area contributed by atoms with Gasteiger partial charge in [0.25, 0.3) is 11.3 Å². The summed E-state index contributed by atoms with van der Waals surface area (Å²) in [5, 5.41) is 20.3. The van der Waals surface area contributed by atoms with Crippen LogP contribution in [-0.2, 0) is 22.5 Å². The highest BCUT2D eigenvalue weighted by atomic mass is 35.5. The number of halogens is 1. The minimum atomic E-state index is -2.53. The first-order valence-electron chi connectivity index (χ1n) is 9.57. The summed E-state index contributed by atoms with van der Waals surface area (Å²) in [6.07, 6.45) is 0.678. The first-order valence-corrected chi connectivity index (χ1v) is 11.8. The molecule has 1 fully saturated rings. The molecule has 1 saturated carbocycles. The van der Waals surface area contributed by atoms with Crippen LogP contribution in [0.25, 0.3) is 10.4 Å². The average molecular weight is 478 g/mol. The number of aliphatic hydroxyl groups excluding tert-OH is 1. The first-order chi connectivity index (χ1) is 14.9. The predicted octanol–water partition coefficient (Wildman–Crippen LogP) is 4.56. The van der Waals surface area contributed by atoms with Gasteiger partial charge in [0.2, 0.25) is 0 Å². The molecule has 1 aliphatic carbocycles. The van der Waals surface area contributed by atoms with E-state index in [0.717, 1.165) is 25.9 Å². The summed E-state index contributed by atoms with van der Waals surface area (Å²) < 4.78 is 23.6. The fraction of sp³-hybridized carbons (Fsp3) is 0.227. The van der Waals surface area contributed by atoms with Gasteiger partial charge in [-0.3, -0.25) is 4.55 Å². The number of carboxylic acid groups (broad SMARTS) is 1. The van der Waals surface area contributed by atoms with Crippen LogP contribution in [0, 0.1) is 0 Å². The smallest absolute Gasteiger partial charge is 0.331 e. The van der Waals surface area contributed by atoms with Gasteiger partial charge in [0.05, 0.1) is 0 Å². The summed E-state index contributed by atoms with van der Waals surface area (Å²) in [5.41, 5.74) is 1.04. The van der Waals surface area contributed by atoms with Crippen LogP contribution in [0.3, 0.4) is 0 Å². The standard InChI is InChI=1S/C22H20ClNO5S2/c23-17-6-4-15(5-7-17)19-8-9-20(30-19)24(31(28)29)22(21(26)27)13-18(22)16-3-1-2-14(12-16)10-11-25/h1-9,12,18,25H,10-11,13H2,(H,26,27)(H,28,29). The van der Waals surface area contributed by atoms with Crippen LogP contribution in [0.4, 0.5) is 5.00 Å². The molecule has 0 aliphatic heterocycles. The van der Waals surface area contributed by atoms with Crippen molar-refractivity contribution in [3.05, 3.63) is 76.8 Å². The third-order valence-electron chi connectivity index (χ3n) is 5.50. The molecule has 2 aromatic carbocycles. The quantitative estimate of drug-likeness (QED) is 0.413. The lowest BCUT2D eigenvalue weighted by Crippen LogP contribution is -2.45. The SMILES string of the molecule is O=C(O)C1(N(c2ccc(-c3ccc(Cl)cc3)s2)S(=O)O)CC1c1cccc(CCO)c1. The van der Waals surface area contributed by atoms with E-state index in [-0.39, 0.29) is 13.0 Å². The van der Waals surface area contributed by atoms with Crippen LogP contribution in [0.1, 0.15) is 23.5 Å². The Hall–Kier alpha value is -2.23. The number of hydrogen-bond donors (Lipinski definition) is 3. The highest BCUT2D eigenvalue weighted by Gasteiger charge is 2.67. The van der Waals surface area contributed by atoms with E-state index in [1.54, 1.807) is 24.3 Å². The van der Waals surface area contributed by atoms with Gasteiger partial charge >= 0.3 is 5.97 Å². The van der Waals surface area contributed by atoms with Crippen molar-refractivity contribution in [3.63, 3.8) is 0 Å². The van der Waals surface area contributed by atoms with E-state index in [2.05, 4.69) is 0 Å². The van der Waals surface area contributed by atoms with E-state index in [4.69, 9.17) is 11.6 Å². The number of nitrogens with zero attached hydrogens (tertiary/aromatic N) is 1. The summed E-state index contributed by atoms with van der Waals surface area (Å²) in [7, 11) is 0. The van der Waals surface area contributed by atoms with Crippen LogP contribution in [0.5, 0.6) is 0 Å². The third kappa shape index (κ3) is 4.14. The van der Waals surface area contributed by atoms with Gasteiger partial charge in [-0.1, -0.05) is 48.0 Å². The number of carboxylic acids is 1. The lowest BCUT2D eigenvalue weighted by Gasteiger charge is -2.26. The Kier molecular flexibility index (Phi) is 6.18. The molecule has 1 aromatic heterocycles. The number of aliphatic carboxylic acids is 1. The molecule has 0 bridgehead atoms. The van der Waals surface area contributed by atoms with Gasteiger partial charge in [0.1, 0.15) is 5.00 Å². The van der Waals surface area contributed by atoms with Crippen molar-refractivity contribution in [1.82, 2.24) is 0 Å². The summed E-state index contributed by atoms with van der Waals surface area (Å²) in [4.78, 5) is 13.2. The molecule has 9 heteroatoms. The van der Waals surface area contributed by atoms with E-state index in [1.807, 2.05) is 36.4 Å². The summed E-state index contributed by atoms with van der Waals surface area (Å²) >= 11 is 4.67. The fourth-order valence-electron chi connectivity index (χ4n) is 3.91. The second kappa shape index (κ2) is 8.72. The van der Waals surface area contributed by atoms with Crippen molar-refractivity contribution in [2.24, 2.45) is 0 Å². The van der Waals surface area contributed by atoms with Crippen molar-refractivity contribution < 1.29 is 23.8 Å². The molecule has 4 rings (SSSR count). The molecule has 3 N–H and O–H groups in total. The number of aliphatic hydroxyl groups is 1. The van der Waals surface area contributed by atoms with Crippen LogP contribution >= 0.6 is 22.9 Å². The van der Waals surface area contributed by atoms with Gasteiger partial charge in [-0.2, -0.15) is 0 Å². The minimum Gasteiger partial charge on any atom is -0.479 e. The molecule has 0 saturated heterocycles. The maximum Gasteiger partial charge on any atom is 0.331 e. The molecular formula is C22H20ClNO5S2. The number of benzene rings is 2. The summed E-state index contributed by atoms with van der Waals surface area (Å²) in [6.45, 7) is -0.00630. The van der Waals surface area contributed by atoms with Crippen molar-refractivity contribution in [1.29, 1.82) is 0 Å². The Labute approximate surface area is 191 Å². The Morgan fingerprint density at radius 1 is 1.19 bits per heavy atom. The second-order valence-electron chi connectivity index (χ2n) is 7.37. The van der Waals surface area contributed by atoms with Crippen molar-refractivity contribution >= 4 is 45.2 Å². The average Bonchev–Trinajstić information content (AvgIpc) is 3.30. The maximum atomic E-state index is 12.4. The van der Waals surface area contributed by atoms with Gasteiger partial charge in [0.15, 0.2) is 5.54 Å². The Balaban J connectivity index is 1.70. The summed E-state index contributed by atoms with van der Waals surface area (Å²) in [6, 6.07) is 18.0. The van der Waals surface area contributed by atoms with Gasteiger partial charge in [-0.25, -0.2) is 13.3 Å². The Bertz CT molecular complexity index is 1130. The monoisotopic (exact) mass is 477 g/mol. The molecule has 1 aliphatic rings. The minimum absolute atomic E-state index is 0.00630. The number of carbonyl (C=O) groups is 1. The molecule has 3 unspecified atom stereocenters. The molecule has 3 aromatic rings. The lowest BCUT2D eigenvalue weighted by molar-refractivity contribution is -0.139. The van der Waals surface area contributed by atoms with Gasteiger partial charge < -0.3 is 10.2 Å². The highest BCUT2D eigenvalue weighted by Crippen LogP contribution is 2.58. The molecule has 0 amide bonds. The van der Waals surface area contributed by atoms with E-state index >= 15 is 0 Å². The van der Waals surface area contributed by atoms with E-state index in [9.17, 15) is 23.8 Å². The fourth-order valence-corrected chi connectivity index (χ4v) is 6.11. The summed E-state index contributed by atoms with van der Waals surface area (Å²) in [5.74, 6) is -1.59. The zero-order valence-corrected chi connectivity index (χ0v) is 18.7. The third-order valence-corrected chi connectivity index (χ3v) is 7.82. The van der Waals surface area contributed by atoms with E-state index < -0.39 is 28.7 Å². The largest absolute Gasteiger partial charge is 0.479 e. The van der Waals surface area contributed by atoms with E-state index in [0.29, 0.717) is 16.4 Å². The zero-order valence-electron chi connectivity index (χ0n) is 16.3. The number of thiophene rings is 1. The van der Waals surface area contributed by atoms with Crippen molar-refractivity contribution in [2.45, 2.75) is 24.3 Å². The van der Waals surface area contributed by atoms with Crippen LogP contribution in [0.2, 0.25) is 5.02 Å². The normalized spacial score (nSPS) is 20.9. The number of anilines is 1. The first kappa shape index (κ1) is 22.0. The molecule has 6 nitrogen and oxygen atoms in total. The Morgan fingerprint density at radius 2 is 1.94 bits per heavy atom. The van der Waals surface area contributed by atoms with E-state index in [1.165, 1.54) is 11.3 Å². The number of hydrogen-bond acceptors (Lipinski definition) is 4. The van der Waals surface area contributed by atoms with Crippen molar-refractivity contribution in [2.75, 3.05) is 10.9 Å². The predicted molar refractivity (Wildman–Crippen MR) is 123 cm³/mol. The molecule has 31 heavy (non-hydrogen) atoms. The molecule has 0 spiro atoms. The molecular weight excluding hydrogens is 458 g/mol. The topological polar surface area (TPSA) is 98.1 Å². The van der Waals surface area contributed by atoms with Gasteiger partial charge in [-0.05, 0) is 53.8 Å². The molecule has 162 valence electrons. The molecule has 0 radical (unpaired) electrons. The highest BCUT2D eigenvalue weighted by molar-refractivity contribution is 7.81. The Morgan fingerprint density at radius 3 is 2.58 bits per heavy atom. The maximum absolute atomic E-state index is 12.4. The second-order valence-corrected chi connectivity index (χ2v) is 9.70. The zero-order chi connectivity index (χ0) is 22.2. The van der Waals surface area contributed by atoms with Crippen LogP contribution in [0.15, 0.2) is 60.7 Å². The molecule has 3 atom stereocenters. The van der Waals surface area contributed by atoms with Gasteiger partial charge in [0, 0.05) is 22.4 Å². The van der Waals surface area contributed by atoms with Crippen LogP contribution in [-0.4, -0.2) is 37.1 Å². The van der Waals surface area contributed by atoms with Crippen molar-refractivity contribution in [3.8, 4) is 10.4 Å². The van der Waals surface area contributed by atoms with Crippen LogP contribution < -0.4 is 4.31 Å². The molecule has 1 heterocycles. The number of rotatable bonds is 8. The van der Waals surface area contributed by atoms with Gasteiger partial charge in [-0.15, -0.1) is 11.3 Å². The lowest BCUT2D eigenvalue weighted by atomic mass is 10.0.